The van der Waals surface area contributed by atoms with Crippen molar-refractivity contribution in [2.24, 2.45) is 5.73 Å². The van der Waals surface area contributed by atoms with Crippen molar-refractivity contribution < 1.29 is 42.2 Å². The number of carbonyl (C=O) groups is 3. The van der Waals surface area contributed by atoms with Crippen LogP contribution >= 0.6 is 11.6 Å². The molecule has 4 aromatic rings. The highest BCUT2D eigenvalue weighted by Crippen LogP contribution is 2.39. The van der Waals surface area contributed by atoms with Crippen LogP contribution in [0.1, 0.15) is 15.9 Å². The highest BCUT2D eigenvalue weighted by atomic mass is 35.5. The molecule has 0 fully saturated rings. The molecule has 1 amide bonds. The first-order valence-electron chi connectivity index (χ1n) is 12.8. The number of nitrogens with one attached hydrogen (secondary N) is 1. The molecular weight excluding hydrogens is 619 g/mol. The van der Waals surface area contributed by atoms with Crippen LogP contribution in [0.5, 0.6) is 11.5 Å². The van der Waals surface area contributed by atoms with Crippen molar-refractivity contribution in [1.29, 1.82) is 5.26 Å². The Hall–Kier alpha value is -5.65. The number of phenols is 1. The fourth-order valence-corrected chi connectivity index (χ4v) is 4.60. The van der Waals surface area contributed by atoms with Gasteiger partial charge in [-0.05, 0) is 54.1 Å². The topological polar surface area (TPSA) is 168 Å². The second-order valence-corrected chi connectivity index (χ2v) is 9.97. The number of aromatic hydroxyl groups is 1. The molecule has 0 saturated heterocycles. The lowest BCUT2D eigenvalue weighted by Crippen LogP contribution is -2.47. The van der Waals surface area contributed by atoms with Crippen molar-refractivity contribution in [3.8, 4) is 40.0 Å². The van der Waals surface area contributed by atoms with Crippen LogP contribution < -0.4 is 20.9 Å². The van der Waals surface area contributed by atoms with Gasteiger partial charge in [0.15, 0.2) is 5.82 Å². The monoisotopic (exact) mass is 637 g/mol. The Morgan fingerprint density at radius 1 is 1.11 bits per heavy atom. The van der Waals surface area contributed by atoms with E-state index < -0.39 is 47.9 Å². The number of carbonyl (C=O) groups excluding carboxylic acids is 3. The number of hydrogen-bond acceptors (Lipinski definition) is 10. The molecule has 4 N–H and O–H groups in total. The second-order valence-electron chi connectivity index (χ2n) is 9.54. The second kappa shape index (κ2) is 12.2. The molecule has 45 heavy (non-hydrogen) atoms. The number of aromatic nitrogens is 1. The molecule has 1 aliphatic rings. The maximum absolute atomic E-state index is 14.2. The molecule has 2 heterocycles. The summed E-state index contributed by atoms with van der Waals surface area (Å²) in [6, 6.07) is 16.9. The molecule has 11 nitrogen and oxygen atoms in total. The van der Waals surface area contributed by atoms with Crippen LogP contribution in [0.4, 0.5) is 24.7 Å². The number of hydrogen-bond donors (Lipinski definition) is 3. The summed E-state index contributed by atoms with van der Waals surface area (Å²) >= 11 is 6.18. The molecule has 228 valence electrons. The van der Waals surface area contributed by atoms with Gasteiger partial charge in [-0.1, -0.05) is 35.9 Å². The van der Waals surface area contributed by atoms with E-state index in [9.17, 15) is 37.9 Å². The van der Waals surface area contributed by atoms with E-state index in [1.165, 1.54) is 42.5 Å². The number of nitrogens with zero attached hydrogens (tertiary/aromatic N) is 3. The van der Waals surface area contributed by atoms with Gasteiger partial charge in [0.25, 0.3) is 5.91 Å². The highest BCUT2D eigenvalue weighted by molar-refractivity contribution is 6.31. The molecule has 1 aliphatic heterocycles. The number of esters is 1. The molecule has 5 rings (SSSR count). The van der Waals surface area contributed by atoms with E-state index in [0.29, 0.717) is 11.3 Å². The lowest BCUT2D eigenvalue weighted by Gasteiger charge is -2.28. The normalized spacial score (nSPS) is 14.6. The Morgan fingerprint density at radius 3 is 2.60 bits per heavy atom. The molecule has 1 atom stereocenters. The first-order chi connectivity index (χ1) is 21.4. The van der Waals surface area contributed by atoms with Crippen LogP contribution in [0.2, 0.25) is 5.02 Å². The number of phenolic OH excluding ortho intramolecular Hbond substituents is 1. The van der Waals surface area contributed by atoms with Crippen LogP contribution in [0.25, 0.3) is 22.4 Å². The maximum Gasteiger partial charge on any atom is 0.491 e. The Morgan fingerprint density at radius 2 is 1.87 bits per heavy atom. The number of amides is 1. The molecule has 0 saturated carbocycles. The van der Waals surface area contributed by atoms with E-state index in [1.54, 1.807) is 18.2 Å². The summed E-state index contributed by atoms with van der Waals surface area (Å²) in [6.45, 7) is -0.707. The zero-order valence-corrected chi connectivity index (χ0v) is 23.4. The van der Waals surface area contributed by atoms with Crippen molar-refractivity contribution in [3.05, 3.63) is 88.9 Å². The number of rotatable bonds is 3. The fraction of sp³-hybridized carbons (Fsp3) is 0.100. The summed E-state index contributed by atoms with van der Waals surface area (Å²) < 4.78 is 43.6. The minimum Gasteiger partial charge on any atom is -0.507 e. The summed E-state index contributed by atoms with van der Waals surface area (Å²) in [4.78, 5) is 49.0. The van der Waals surface area contributed by atoms with Gasteiger partial charge in [0.1, 0.15) is 29.2 Å². The van der Waals surface area contributed by atoms with Crippen molar-refractivity contribution in [2.45, 2.75) is 12.2 Å². The molecule has 15 heteroatoms. The van der Waals surface area contributed by atoms with Gasteiger partial charge >= 0.3 is 18.1 Å². The zero-order chi connectivity index (χ0) is 32.5. The van der Waals surface area contributed by atoms with Crippen LogP contribution in [-0.2, 0) is 14.4 Å². The summed E-state index contributed by atoms with van der Waals surface area (Å²) in [7, 11) is 0. The molecule has 1 unspecified atom stereocenters. The fourth-order valence-electron chi connectivity index (χ4n) is 4.42. The third kappa shape index (κ3) is 6.35. The Balaban J connectivity index is 1.79. The number of nitrogens with two attached hydrogens (primary N) is 1. The molecular formula is C30H19ClF3N5O6. The number of halogens is 4. The molecule has 4 bridgehead atoms. The van der Waals surface area contributed by atoms with Crippen molar-refractivity contribution in [2.75, 3.05) is 16.9 Å². The number of alkyl halides is 3. The third-order valence-corrected chi connectivity index (χ3v) is 6.76. The van der Waals surface area contributed by atoms with E-state index in [1.807, 2.05) is 6.07 Å². The molecule has 0 radical (unpaired) electrons. The van der Waals surface area contributed by atoms with E-state index in [-0.39, 0.29) is 39.0 Å². The zero-order valence-electron chi connectivity index (χ0n) is 22.6. The van der Waals surface area contributed by atoms with Gasteiger partial charge in [-0.15, -0.1) is 0 Å². The SMILES string of the molecule is N#Cc1c2cc(-c3cc(Cl)ccc3O)nc1N(C(=O)c1ccccc1OC(=O)C(F)(F)F)CC(N)C(=O)ONc1cccc-2c1. The van der Waals surface area contributed by atoms with Gasteiger partial charge in [0, 0.05) is 16.1 Å². The molecule has 0 spiro atoms. The first-order valence-corrected chi connectivity index (χ1v) is 13.2. The van der Waals surface area contributed by atoms with Crippen molar-refractivity contribution in [3.63, 3.8) is 0 Å². The minimum absolute atomic E-state index is 0.0279. The Bertz CT molecular complexity index is 1900. The van der Waals surface area contributed by atoms with Crippen LogP contribution in [-0.4, -0.2) is 46.7 Å². The van der Waals surface area contributed by atoms with Gasteiger partial charge in [-0.2, -0.15) is 18.4 Å². The summed E-state index contributed by atoms with van der Waals surface area (Å²) in [6.07, 6.45) is -5.38. The van der Waals surface area contributed by atoms with Gasteiger partial charge in [0.05, 0.1) is 23.5 Å². The standard InChI is InChI=1S/C30H19ClF3N5O6/c31-16-8-9-24(40)20(11-16)23-12-19-15-4-3-5-17(10-15)38-45-28(42)22(36)14-39(26(37-23)21(19)13-35)27(41)18-6-1-2-7-25(18)44-29(43)30(32,33)34/h1-12,22,38,40H,14,36H2. The number of fused-ring (bicyclic) bond motifs is 5. The Kier molecular flexibility index (Phi) is 8.32. The van der Waals surface area contributed by atoms with E-state index >= 15 is 0 Å². The number of para-hydroxylation sites is 1. The third-order valence-electron chi connectivity index (χ3n) is 6.52. The van der Waals surface area contributed by atoms with Crippen LogP contribution in [0, 0.1) is 11.3 Å². The van der Waals surface area contributed by atoms with Gasteiger partial charge in [-0.3, -0.25) is 9.69 Å². The largest absolute Gasteiger partial charge is 0.507 e. The molecule has 1 aromatic heterocycles. The lowest BCUT2D eigenvalue weighted by molar-refractivity contribution is -0.189. The molecule has 3 aromatic carbocycles. The number of pyridine rings is 1. The molecule has 0 aliphatic carbocycles. The van der Waals surface area contributed by atoms with E-state index in [4.69, 9.17) is 22.2 Å². The quantitative estimate of drug-likeness (QED) is 0.206. The minimum atomic E-state index is -5.38. The average Bonchev–Trinajstić information content (AvgIpc) is 3.02. The average molecular weight is 638 g/mol. The Labute approximate surface area is 257 Å². The summed E-state index contributed by atoms with van der Waals surface area (Å²) in [5, 5.41) is 21.3. The number of benzene rings is 3. The van der Waals surface area contributed by atoms with Gasteiger partial charge in [0.2, 0.25) is 0 Å². The van der Waals surface area contributed by atoms with E-state index in [0.717, 1.165) is 17.0 Å². The number of ether oxygens (including phenoxy) is 1. The lowest BCUT2D eigenvalue weighted by atomic mass is 9.97. The number of anilines is 2. The summed E-state index contributed by atoms with van der Waals surface area (Å²) in [5.74, 6) is -6.16. The van der Waals surface area contributed by atoms with Crippen LogP contribution in [0.15, 0.2) is 72.8 Å². The first kappa shape index (κ1) is 30.8. The predicted molar refractivity (Wildman–Crippen MR) is 154 cm³/mol. The van der Waals surface area contributed by atoms with E-state index in [2.05, 4.69) is 15.2 Å². The van der Waals surface area contributed by atoms with Gasteiger partial charge < -0.3 is 20.4 Å². The van der Waals surface area contributed by atoms with Crippen LogP contribution in [0.3, 0.4) is 0 Å². The maximum atomic E-state index is 14.2. The summed E-state index contributed by atoms with van der Waals surface area (Å²) in [5.41, 5.74) is 8.83. The predicted octanol–water partition coefficient (Wildman–Crippen LogP) is 4.97. The number of nitriles is 1. The highest BCUT2D eigenvalue weighted by Gasteiger charge is 2.42. The van der Waals surface area contributed by atoms with Crippen molar-refractivity contribution in [1.82, 2.24) is 4.98 Å². The van der Waals surface area contributed by atoms with Gasteiger partial charge in [-0.25, -0.2) is 20.1 Å². The smallest absolute Gasteiger partial charge is 0.491 e. The van der Waals surface area contributed by atoms with Crippen molar-refractivity contribution >= 4 is 41.0 Å².